The molecule has 1 N–H and O–H groups in total. The number of nitrogens with zero attached hydrogens (tertiary/aromatic N) is 5. The molecule has 176 valence electrons. The summed E-state index contributed by atoms with van der Waals surface area (Å²) >= 11 is 6.31. The minimum atomic E-state index is -3.67. The lowest BCUT2D eigenvalue weighted by atomic mass is 9.94. The molecule has 2 aromatic rings. The number of amides is 2. The maximum atomic E-state index is 12.8. The molecule has 12 heteroatoms. The standard InChI is InChI=1S/C21H25ClN6O4S/c1-6-19(29)27-10-17(28(33(5,31)32)21(2,3)11-27)13-7-15(26-18(22)8-13)14-9-16(20(30)23-4)25-12-24-14/h6-9,12,17H,1,10-11H2,2-5H3,(H,23,30)/t17-/m1/s1. The van der Waals surface area contributed by atoms with Crippen molar-refractivity contribution in [3.05, 3.63) is 53.6 Å². The Hall–Kier alpha value is -2.89. The van der Waals surface area contributed by atoms with Crippen LogP contribution in [0, 0.1) is 0 Å². The average Bonchev–Trinajstić information content (AvgIpc) is 2.75. The largest absolute Gasteiger partial charge is 0.354 e. The predicted octanol–water partition coefficient (Wildman–Crippen LogP) is 1.66. The molecule has 0 spiro atoms. The van der Waals surface area contributed by atoms with Crippen LogP contribution in [0.1, 0.15) is 35.9 Å². The van der Waals surface area contributed by atoms with Crippen molar-refractivity contribution < 1.29 is 18.0 Å². The van der Waals surface area contributed by atoms with Crippen molar-refractivity contribution in [2.24, 2.45) is 0 Å². The van der Waals surface area contributed by atoms with Crippen LogP contribution in [0.3, 0.4) is 0 Å². The lowest BCUT2D eigenvalue weighted by molar-refractivity contribution is -0.131. The zero-order valence-corrected chi connectivity index (χ0v) is 20.3. The highest BCUT2D eigenvalue weighted by molar-refractivity contribution is 7.88. The zero-order valence-electron chi connectivity index (χ0n) is 18.7. The van der Waals surface area contributed by atoms with Gasteiger partial charge in [-0.2, -0.15) is 4.31 Å². The summed E-state index contributed by atoms with van der Waals surface area (Å²) in [6, 6.07) is 3.95. The van der Waals surface area contributed by atoms with Gasteiger partial charge in [-0.25, -0.2) is 23.4 Å². The highest BCUT2D eigenvalue weighted by Crippen LogP contribution is 2.38. The number of hydrogen-bond donors (Lipinski definition) is 1. The first kappa shape index (κ1) is 24.7. The van der Waals surface area contributed by atoms with E-state index in [-0.39, 0.29) is 29.8 Å². The van der Waals surface area contributed by atoms with Gasteiger partial charge in [0.25, 0.3) is 5.91 Å². The Labute approximate surface area is 197 Å². The highest BCUT2D eigenvalue weighted by atomic mass is 35.5. The van der Waals surface area contributed by atoms with E-state index in [0.717, 1.165) is 6.26 Å². The molecule has 3 rings (SSSR count). The second-order valence-electron chi connectivity index (χ2n) is 8.29. The molecule has 0 unspecified atom stereocenters. The van der Waals surface area contributed by atoms with Crippen molar-refractivity contribution in [3.63, 3.8) is 0 Å². The van der Waals surface area contributed by atoms with Crippen molar-refractivity contribution in [2.75, 3.05) is 26.4 Å². The molecule has 0 aliphatic carbocycles. The van der Waals surface area contributed by atoms with E-state index in [1.807, 2.05) is 0 Å². The second kappa shape index (κ2) is 9.16. The van der Waals surface area contributed by atoms with Gasteiger partial charge in [-0.05, 0) is 43.7 Å². The third-order valence-corrected chi connectivity index (χ3v) is 6.94. The summed E-state index contributed by atoms with van der Waals surface area (Å²) in [5.74, 6) is -0.690. The van der Waals surface area contributed by atoms with E-state index < -0.39 is 27.5 Å². The van der Waals surface area contributed by atoms with Crippen molar-refractivity contribution in [1.29, 1.82) is 0 Å². The van der Waals surface area contributed by atoms with Crippen LogP contribution in [-0.2, 0) is 14.8 Å². The van der Waals surface area contributed by atoms with Crippen LogP contribution in [0.15, 0.2) is 37.2 Å². The molecular weight excluding hydrogens is 468 g/mol. The number of hydrogen-bond acceptors (Lipinski definition) is 7. The Balaban J connectivity index is 2.15. The molecule has 1 saturated heterocycles. The Bertz CT molecular complexity index is 1220. The fourth-order valence-corrected chi connectivity index (χ4v) is 5.94. The van der Waals surface area contributed by atoms with E-state index in [0.29, 0.717) is 17.0 Å². The summed E-state index contributed by atoms with van der Waals surface area (Å²) in [5.41, 5.74) is 0.456. The molecule has 2 amide bonds. The summed E-state index contributed by atoms with van der Waals surface area (Å²) < 4.78 is 27.0. The molecule has 0 radical (unpaired) electrons. The second-order valence-corrected chi connectivity index (χ2v) is 10.5. The Morgan fingerprint density at radius 3 is 2.55 bits per heavy atom. The number of carbonyl (C=O) groups is 2. The van der Waals surface area contributed by atoms with E-state index in [2.05, 4.69) is 26.8 Å². The molecular formula is C21H25ClN6O4S. The van der Waals surface area contributed by atoms with Crippen molar-refractivity contribution in [3.8, 4) is 11.4 Å². The van der Waals surface area contributed by atoms with E-state index in [9.17, 15) is 18.0 Å². The SMILES string of the molecule is C=CC(=O)N1C[C@H](c2cc(Cl)nc(-c3cc(C(=O)NC)ncn3)c2)N(S(C)(=O)=O)C(C)(C)C1. The van der Waals surface area contributed by atoms with Crippen LogP contribution < -0.4 is 5.32 Å². The van der Waals surface area contributed by atoms with Crippen LogP contribution in [0.25, 0.3) is 11.4 Å². The molecule has 1 aliphatic heterocycles. The summed E-state index contributed by atoms with van der Waals surface area (Å²) in [5, 5.41) is 2.60. The number of halogens is 1. The molecule has 10 nitrogen and oxygen atoms in total. The lowest BCUT2D eigenvalue weighted by Gasteiger charge is -2.50. The van der Waals surface area contributed by atoms with Crippen LogP contribution in [0.4, 0.5) is 0 Å². The van der Waals surface area contributed by atoms with Gasteiger partial charge in [0.1, 0.15) is 17.2 Å². The molecule has 0 aromatic carbocycles. The molecule has 33 heavy (non-hydrogen) atoms. The number of carbonyl (C=O) groups excluding carboxylic acids is 2. The number of pyridine rings is 1. The van der Waals surface area contributed by atoms with Gasteiger partial charge in [-0.3, -0.25) is 9.59 Å². The topological polar surface area (TPSA) is 125 Å². The number of aromatic nitrogens is 3. The monoisotopic (exact) mass is 492 g/mol. The van der Waals surface area contributed by atoms with E-state index >= 15 is 0 Å². The molecule has 1 fully saturated rings. The van der Waals surface area contributed by atoms with Crippen molar-refractivity contribution in [1.82, 2.24) is 29.5 Å². The van der Waals surface area contributed by atoms with Crippen LogP contribution in [-0.4, -0.2) is 76.3 Å². The van der Waals surface area contributed by atoms with Gasteiger partial charge >= 0.3 is 0 Å². The maximum Gasteiger partial charge on any atom is 0.269 e. The predicted molar refractivity (Wildman–Crippen MR) is 124 cm³/mol. The first-order valence-electron chi connectivity index (χ1n) is 10.00. The molecule has 0 saturated carbocycles. The van der Waals surface area contributed by atoms with Gasteiger partial charge in [0.05, 0.1) is 23.7 Å². The fraction of sp³-hybridized carbons (Fsp3) is 0.381. The number of sulfonamides is 1. The molecule has 1 aliphatic rings. The highest BCUT2D eigenvalue weighted by Gasteiger charge is 2.46. The summed E-state index contributed by atoms with van der Waals surface area (Å²) in [6.45, 7) is 7.37. The van der Waals surface area contributed by atoms with E-state index in [1.54, 1.807) is 30.9 Å². The van der Waals surface area contributed by atoms with Crippen LogP contribution >= 0.6 is 11.6 Å². The van der Waals surface area contributed by atoms with Gasteiger partial charge in [-0.1, -0.05) is 18.2 Å². The minimum Gasteiger partial charge on any atom is -0.354 e. The third-order valence-electron chi connectivity index (χ3n) is 5.28. The number of nitrogens with one attached hydrogen (secondary N) is 1. The summed E-state index contributed by atoms with van der Waals surface area (Å²) in [6.07, 6.45) is 3.57. The lowest BCUT2D eigenvalue weighted by Crippen LogP contribution is -2.62. The normalized spacial score (nSPS) is 18.6. The Kier molecular flexibility index (Phi) is 6.87. The Morgan fingerprint density at radius 2 is 1.94 bits per heavy atom. The number of rotatable bonds is 5. The van der Waals surface area contributed by atoms with Gasteiger partial charge in [0, 0.05) is 25.7 Å². The van der Waals surface area contributed by atoms with Crippen LogP contribution in [0.5, 0.6) is 0 Å². The fourth-order valence-electron chi connectivity index (χ4n) is 4.11. The van der Waals surface area contributed by atoms with Crippen molar-refractivity contribution in [2.45, 2.75) is 25.4 Å². The quantitative estimate of drug-likeness (QED) is 0.497. The minimum absolute atomic E-state index is 0.106. The zero-order chi connectivity index (χ0) is 24.6. The van der Waals surface area contributed by atoms with Gasteiger partial charge < -0.3 is 10.2 Å². The summed E-state index contributed by atoms with van der Waals surface area (Å²) in [7, 11) is -2.18. The molecule has 2 aromatic heterocycles. The average molecular weight is 493 g/mol. The molecule has 3 heterocycles. The van der Waals surface area contributed by atoms with E-state index in [4.69, 9.17) is 11.6 Å². The summed E-state index contributed by atoms with van der Waals surface area (Å²) in [4.78, 5) is 38.4. The van der Waals surface area contributed by atoms with E-state index in [1.165, 1.54) is 29.8 Å². The first-order valence-corrected chi connectivity index (χ1v) is 12.2. The maximum absolute atomic E-state index is 12.8. The smallest absolute Gasteiger partial charge is 0.269 e. The molecule has 0 bridgehead atoms. The first-order chi connectivity index (χ1) is 15.4. The molecule has 1 atom stereocenters. The third kappa shape index (κ3) is 5.21. The van der Waals surface area contributed by atoms with Gasteiger partial charge in [0.2, 0.25) is 15.9 Å². The van der Waals surface area contributed by atoms with Gasteiger partial charge in [-0.15, -0.1) is 0 Å². The Morgan fingerprint density at radius 1 is 1.24 bits per heavy atom. The van der Waals surface area contributed by atoms with Gasteiger partial charge in [0.15, 0.2) is 0 Å². The van der Waals surface area contributed by atoms with Crippen LogP contribution in [0.2, 0.25) is 5.15 Å². The van der Waals surface area contributed by atoms with Crippen molar-refractivity contribution >= 4 is 33.4 Å². The number of piperazine rings is 1.